The van der Waals surface area contributed by atoms with Crippen molar-refractivity contribution < 1.29 is 4.79 Å². The van der Waals surface area contributed by atoms with E-state index < -0.39 is 0 Å². The van der Waals surface area contributed by atoms with Crippen LogP contribution in [0.1, 0.15) is 16.1 Å². The van der Waals surface area contributed by atoms with Crippen molar-refractivity contribution >= 4 is 16.8 Å². The van der Waals surface area contributed by atoms with E-state index in [0.29, 0.717) is 18.8 Å². The number of aromatic nitrogens is 2. The van der Waals surface area contributed by atoms with Crippen LogP contribution in [-0.2, 0) is 6.54 Å². The number of amides is 1. The Bertz CT molecular complexity index is 824. The van der Waals surface area contributed by atoms with Crippen molar-refractivity contribution in [2.45, 2.75) is 6.54 Å². The molecule has 0 aliphatic heterocycles. The van der Waals surface area contributed by atoms with Gasteiger partial charge in [-0.05, 0) is 25.7 Å². The normalized spacial score (nSPS) is 11.1. The van der Waals surface area contributed by atoms with Crippen LogP contribution >= 0.6 is 0 Å². The highest BCUT2D eigenvalue weighted by Gasteiger charge is 2.16. The summed E-state index contributed by atoms with van der Waals surface area (Å²) in [5, 5.41) is 8.40. The van der Waals surface area contributed by atoms with E-state index >= 15 is 0 Å². The van der Waals surface area contributed by atoms with Crippen LogP contribution in [0.4, 0.5) is 0 Å². The third-order valence-corrected chi connectivity index (χ3v) is 3.89. The number of hydrogen-bond donors (Lipinski definition) is 1. The smallest absolute Gasteiger partial charge is 0.272 e. The third-order valence-electron chi connectivity index (χ3n) is 3.89. The minimum absolute atomic E-state index is 0.125. The molecule has 0 fully saturated rings. The number of para-hydroxylation sites is 1. The summed E-state index contributed by atoms with van der Waals surface area (Å²) in [5.74, 6) is -0.125. The molecule has 5 heteroatoms. The zero-order chi connectivity index (χ0) is 16.9. The number of likely N-dealkylation sites (N-methyl/N-ethyl adjacent to an activating group) is 1. The maximum absolute atomic E-state index is 12.5. The molecule has 1 aromatic heterocycles. The zero-order valence-electron chi connectivity index (χ0n) is 14.1. The van der Waals surface area contributed by atoms with Crippen LogP contribution in [0.2, 0.25) is 0 Å². The molecule has 5 nitrogen and oxygen atoms in total. The number of hydrogen-bond acceptors (Lipinski definition) is 3. The van der Waals surface area contributed by atoms with Gasteiger partial charge in [0.1, 0.15) is 0 Å². The average molecular weight is 322 g/mol. The van der Waals surface area contributed by atoms with Crippen LogP contribution in [0.5, 0.6) is 0 Å². The Morgan fingerprint density at radius 2 is 1.79 bits per heavy atom. The zero-order valence-corrected chi connectivity index (χ0v) is 14.1. The second kappa shape index (κ2) is 7.27. The molecule has 0 aliphatic rings. The molecule has 24 heavy (non-hydrogen) atoms. The maximum Gasteiger partial charge on any atom is 0.272 e. The quantitative estimate of drug-likeness (QED) is 0.758. The van der Waals surface area contributed by atoms with E-state index in [0.717, 1.165) is 23.0 Å². The molecule has 1 N–H and O–H groups in total. The van der Waals surface area contributed by atoms with Crippen LogP contribution < -0.4 is 5.32 Å². The number of nitrogens with one attached hydrogen (secondary N) is 1. The van der Waals surface area contributed by atoms with Crippen LogP contribution in [-0.4, -0.2) is 47.8 Å². The largest absolute Gasteiger partial charge is 0.349 e. The molecule has 0 aliphatic carbocycles. The Hall–Kier alpha value is -2.66. The molecule has 1 heterocycles. The van der Waals surface area contributed by atoms with Gasteiger partial charge in [-0.25, -0.2) is 0 Å². The predicted octanol–water partition coefficient (Wildman–Crippen LogP) is 2.38. The lowest BCUT2D eigenvalue weighted by molar-refractivity contribution is 0.0947. The number of nitrogens with zero attached hydrogens (tertiary/aromatic N) is 3. The van der Waals surface area contributed by atoms with Gasteiger partial charge in [0.2, 0.25) is 0 Å². The third kappa shape index (κ3) is 3.63. The monoisotopic (exact) mass is 322 g/mol. The molecule has 0 saturated carbocycles. The second-order valence-corrected chi connectivity index (χ2v) is 6.07. The van der Waals surface area contributed by atoms with E-state index in [1.807, 2.05) is 66.1 Å². The van der Waals surface area contributed by atoms with Crippen molar-refractivity contribution in [1.29, 1.82) is 0 Å². The first-order valence-electron chi connectivity index (χ1n) is 8.07. The van der Waals surface area contributed by atoms with E-state index in [4.69, 9.17) is 0 Å². The molecule has 3 rings (SSSR count). The molecular formula is C19H22N4O. The van der Waals surface area contributed by atoms with Gasteiger partial charge in [0.15, 0.2) is 5.69 Å². The summed E-state index contributed by atoms with van der Waals surface area (Å²) in [4.78, 5) is 14.5. The molecule has 0 spiro atoms. The van der Waals surface area contributed by atoms with E-state index in [1.165, 1.54) is 0 Å². The Morgan fingerprint density at radius 3 is 2.54 bits per heavy atom. The fourth-order valence-corrected chi connectivity index (χ4v) is 2.65. The minimum Gasteiger partial charge on any atom is -0.349 e. The average Bonchev–Trinajstić information content (AvgIpc) is 2.94. The highest BCUT2D eigenvalue weighted by molar-refractivity contribution is 6.04. The van der Waals surface area contributed by atoms with Gasteiger partial charge in [-0.3, -0.25) is 9.48 Å². The van der Waals surface area contributed by atoms with Gasteiger partial charge < -0.3 is 10.2 Å². The van der Waals surface area contributed by atoms with Crippen molar-refractivity contribution in [3.05, 3.63) is 65.9 Å². The van der Waals surface area contributed by atoms with Crippen LogP contribution in [0.3, 0.4) is 0 Å². The number of carbonyl (C=O) groups is 1. The molecule has 2 aromatic carbocycles. The molecule has 0 atom stereocenters. The number of carbonyl (C=O) groups excluding carboxylic acids is 1. The maximum atomic E-state index is 12.5. The van der Waals surface area contributed by atoms with Crippen molar-refractivity contribution in [3.63, 3.8) is 0 Å². The number of fused-ring (bicyclic) bond motifs is 1. The van der Waals surface area contributed by atoms with Crippen molar-refractivity contribution in [2.75, 3.05) is 27.2 Å². The molecular weight excluding hydrogens is 300 g/mol. The summed E-state index contributed by atoms with van der Waals surface area (Å²) in [5.41, 5.74) is 2.62. The molecule has 124 valence electrons. The fraction of sp³-hybridized carbons (Fsp3) is 0.263. The highest BCUT2D eigenvalue weighted by Crippen LogP contribution is 2.19. The minimum atomic E-state index is -0.125. The summed E-state index contributed by atoms with van der Waals surface area (Å²) >= 11 is 0. The van der Waals surface area contributed by atoms with Crippen molar-refractivity contribution in [3.8, 4) is 0 Å². The van der Waals surface area contributed by atoms with Gasteiger partial charge in [0.05, 0.1) is 12.1 Å². The van der Waals surface area contributed by atoms with E-state index in [1.54, 1.807) is 0 Å². The standard InChI is InChI=1S/C19H22N4O/c1-22(2)13-12-20-19(24)18-16-10-6-7-11-17(16)23(21-18)14-15-8-4-3-5-9-15/h3-11H,12-14H2,1-2H3,(H,20,24). The molecule has 0 unspecified atom stereocenters. The van der Waals surface area contributed by atoms with Gasteiger partial charge in [-0.15, -0.1) is 0 Å². The van der Waals surface area contributed by atoms with Crippen LogP contribution in [0.25, 0.3) is 10.9 Å². The first-order chi connectivity index (χ1) is 11.6. The van der Waals surface area contributed by atoms with Gasteiger partial charge in [0.25, 0.3) is 5.91 Å². The van der Waals surface area contributed by atoms with Gasteiger partial charge >= 0.3 is 0 Å². The van der Waals surface area contributed by atoms with Crippen molar-refractivity contribution in [2.24, 2.45) is 0 Å². The molecule has 0 bridgehead atoms. The first-order valence-corrected chi connectivity index (χ1v) is 8.07. The number of benzene rings is 2. The lowest BCUT2D eigenvalue weighted by Crippen LogP contribution is -2.31. The highest BCUT2D eigenvalue weighted by atomic mass is 16.1. The van der Waals surface area contributed by atoms with Gasteiger partial charge in [0, 0.05) is 18.5 Å². The summed E-state index contributed by atoms with van der Waals surface area (Å²) in [6.07, 6.45) is 0. The van der Waals surface area contributed by atoms with Crippen molar-refractivity contribution in [1.82, 2.24) is 20.0 Å². The Kier molecular flexibility index (Phi) is 4.91. The summed E-state index contributed by atoms with van der Waals surface area (Å²) < 4.78 is 1.89. The van der Waals surface area contributed by atoms with Gasteiger partial charge in [-0.2, -0.15) is 5.10 Å². The number of rotatable bonds is 6. The fourth-order valence-electron chi connectivity index (χ4n) is 2.65. The van der Waals surface area contributed by atoms with E-state index in [-0.39, 0.29) is 5.91 Å². The van der Waals surface area contributed by atoms with Gasteiger partial charge in [-0.1, -0.05) is 48.5 Å². The van der Waals surface area contributed by atoms with E-state index in [9.17, 15) is 4.79 Å². The first kappa shape index (κ1) is 16.2. The van der Waals surface area contributed by atoms with Crippen LogP contribution in [0.15, 0.2) is 54.6 Å². The Morgan fingerprint density at radius 1 is 1.08 bits per heavy atom. The molecule has 3 aromatic rings. The Balaban J connectivity index is 1.87. The molecule has 1 amide bonds. The lowest BCUT2D eigenvalue weighted by Gasteiger charge is -2.09. The predicted molar refractivity (Wildman–Crippen MR) is 96.2 cm³/mol. The summed E-state index contributed by atoms with van der Waals surface area (Å²) in [6.45, 7) is 2.05. The summed E-state index contributed by atoms with van der Waals surface area (Å²) in [7, 11) is 3.96. The van der Waals surface area contributed by atoms with Crippen LogP contribution in [0, 0.1) is 0 Å². The topological polar surface area (TPSA) is 50.2 Å². The lowest BCUT2D eigenvalue weighted by atomic mass is 10.2. The summed E-state index contributed by atoms with van der Waals surface area (Å²) in [6, 6.07) is 18.0. The SMILES string of the molecule is CN(C)CCNC(=O)c1nn(Cc2ccccc2)c2ccccc12. The van der Waals surface area contributed by atoms with E-state index in [2.05, 4.69) is 22.5 Å². The Labute approximate surface area is 141 Å². The molecule has 0 saturated heterocycles. The second-order valence-electron chi connectivity index (χ2n) is 6.07. The molecule has 0 radical (unpaired) electrons.